The van der Waals surface area contributed by atoms with E-state index in [2.05, 4.69) is 21.2 Å². The van der Waals surface area contributed by atoms with Crippen molar-refractivity contribution in [1.29, 1.82) is 5.41 Å². The van der Waals surface area contributed by atoms with E-state index in [1.54, 1.807) is 0 Å². The van der Waals surface area contributed by atoms with E-state index < -0.39 is 6.29 Å². The summed E-state index contributed by atoms with van der Waals surface area (Å²) in [4.78, 5) is 0. The van der Waals surface area contributed by atoms with Gasteiger partial charge in [0.25, 0.3) is 0 Å². The Kier molecular flexibility index (Phi) is 7.05. The molecule has 1 rings (SSSR count). The highest BCUT2D eigenvalue weighted by Crippen LogP contribution is 2.20. The number of halogens is 1. The van der Waals surface area contributed by atoms with Gasteiger partial charge in [0.05, 0.1) is 0 Å². The van der Waals surface area contributed by atoms with E-state index in [9.17, 15) is 0 Å². The first-order valence-electron chi connectivity index (χ1n) is 6.39. The molecular weight excluding hydrogens is 308 g/mol. The van der Waals surface area contributed by atoms with Gasteiger partial charge >= 0.3 is 0 Å². The number of amidine groups is 1. The second kappa shape index (κ2) is 8.30. The fourth-order valence-corrected chi connectivity index (χ4v) is 2.04. The second-order valence-corrected chi connectivity index (χ2v) is 4.85. The minimum atomic E-state index is -0.612. The van der Waals surface area contributed by atoms with E-state index in [-0.39, 0.29) is 5.84 Å². The average molecular weight is 329 g/mol. The summed E-state index contributed by atoms with van der Waals surface area (Å²) < 4.78 is 11.8. The van der Waals surface area contributed by atoms with Crippen LogP contribution in [0, 0.1) is 12.3 Å². The molecule has 1 aromatic carbocycles. The molecule has 0 unspecified atom stereocenters. The minimum absolute atomic E-state index is 0.247. The van der Waals surface area contributed by atoms with Gasteiger partial charge < -0.3 is 14.8 Å². The molecule has 0 heterocycles. The Labute approximate surface area is 123 Å². The van der Waals surface area contributed by atoms with Crippen molar-refractivity contribution in [2.45, 2.75) is 33.6 Å². The van der Waals surface area contributed by atoms with E-state index in [4.69, 9.17) is 14.9 Å². The van der Waals surface area contributed by atoms with E-state index >= 15 is 0 Å². The van der Waals surface area contributed by atoms with E-state index in [1.807, 2.05) is 39.0 Å². The summed E-state index contributed by atoms with van der Waals surface area (Å²) in [5, 5.41) is 11.0. The Morgan fingerprint density at radius 3 is 2.53 bits per heavy atom. The number of ether oxygens (including phenoxy) is 2. The maximum absolute atomic E-state index is 7.95. The lowest BCUT2D eigenvalue weighted by Gasteiger charge is -2.19. The molecule has 0 saturated carbocycles. The Morgan fingerprint density at radius 1 is 1.32 bits per heavy atom. The topological polar surface area (TPSA) is 54.3 Å². The van der Waals surface area contributed by atoms with Gasteiger partial charge in [-0.2, -0.15) is 0 Å². The Bertz CT molecular complexity index is 418. The van der Waals surface area contributed by atoms with Gasteiger partial charge in [-0.05, 0) is 31.9 Å². The molecule has 0 aromatic heterocycles. The maximum atomic E-state index is 7.95. The predicted molar refractivity (Wildman–Crippen MR) is 80.5 cm³/mol. The normalized spacial score (nSPS) is 10.8. The first kappa shape index (κ1) is 16.1. The summed E-state index contributed by atoms with van der Waals surface area (Å²) in [6, 6.07) is 6.07. The van der Waals surface area contributed by atoms with Gasteiger partial charge in [0, 0.05) is 24.2 Å². The molecule has 0 spiro atoms. The van der Waals surface area contributed by atoms with Gasteiger partial charge in [0.1, 0.15) is 0 Å². The van der Waals surface area contributed by atoms with E-state index in [0.717, 1.165) is 10.0 Å². The lowest BCUT2D eigenvalue weighted by Crippen LogP contribution is -2.37. The molecule has 1 aromatic rings. The molecule has 106 valence electrons. The number of benzene rings is 1. The van der Waals surface area contributed by atoms with Gasteiger partial charge in [-0.15, -0.1) is 0 Å². The second-order valence-electron chi connectivity index (χ2n) is 4.06. The van der Waals surface area contributed by atoms with Crippen LogP contribution in [0.2, 0.25) is 0 Å². The van der Waals surface area contributed by atoms with Crippen molar-refractivity contribution < 1.29 is 9.47 Å². The number of nitrogens with one attached hydrogen (secondary N) is 2. The number of hydrogen-bond donors (Lipinski definition) is 2. The molecule has 5 heteroatoms. The summed E-state index contributed by atoms with van der Waals surface area (Å²) in [5.41, 5.74) is 2.29. The molecular formula is C14H21BrN2O2. The SMILES string of the molecule is CCOC(OCC)C(=N)NCc1cccc(C)c1Br. The van der Waals surface area contributed by atoms with Crippen LogP contribution in [-0.4, -0.2) is 25.3 Å². The third-order valence-corrected chi connectivity index (χ3v) is 3.75. The Balaban J connectivity index is 2.59. The largest absolute Gasteiger partial charge is 0.366 e. The minimum Gasteiger partial charge on any atom is -0.366 e. The van der Waals surface area contributed by atoms with Crippen LogP contribution in [0.15, 0.2) is 22.7 Å². The van der Waals surface area contributed by atoms with Crippen molar-refractivity contribution in [2.24, 2.45) is 0 Å². The molecule has 0 aliphatic heterocycles. The molecule has 0 aliphatic carbocycles. The van der Waals surface area contributed by atoms with Crippen LogP contribution < -0.4 is 5.32 Å². The van der Waals surface area contributed by atoms with Gasteiger partial charge in [-0.3, -0.25) is 5.41 Å². The standard InChI is InChI=1S/C14H21BrN2O2/c1-4-18-14(19-5-2)13(16)17-9-11-8-6-7-10(3)12(11)15/h6-8,14H,4-5,9H2,1-3H3,(H2,16,17). The molecule has 0 saturated heterocycles. The van der Waals surface area contributed by atoms with E-state index in [0.29, 0.717) is 19.8 Å². The molecule has 0 bridgehead atoms. The van der Waals surface area contributed by atoms with Crippen LogP contribution in [-0.2, 0) is 16.0 Å². The Hall–Kier alpha value is -0.910. The number of hydrogen-bond acceptors (Lipinski definition) is 3. The predicted octanol–water partition coefficient (Wildman–Crippen LogP) is 3.22. The van der Waals surface area contributed by atoms with Crippen molar-refractivity contribution in [3.8, 4) is 0 Å². The number of aryl methyl sites for hydroxylation is 1. The molecule has 0 aliphatic rings. The average Bonchev–Trinajstić information content (AvgIpc) is 2.40. The Morgan fingerprint density at radius 2 is 1.95 bits per heavy atom. The van der Waals surface area contributed by atoms with Gasteiger partial charge in [-0.1, -0.05) is 34.1 Å². The third-order valence-electron chi connectivity index (χ3n) is 2.61. The fourth-order valence-electron chi connectivity index (χ4n) is 1.64. The molecule has 19 heavy (non-hydrogen) atoms. The van der Waals surface area contributed by atoms with Crippen LogP contribution in [0.5, 0.6) is 0 Å². The van der Waals surface area contributed by atoms with Crippen molar-refractivity contribution in [1.82, 2.24) is 5.32 Å². The summed E-state index contributed by atoms with van der Waals surface area (Å²) in [6.45, 7) is 7.42. The quantitative estimate of drug-likeness (QED) is 0.459. The summed E-state index contributed by atoms with van der Waals surface area (Å²) in [5.74, 6) is 0.247. The highest BCUT2D eigenvalue weighted by Gasteiger charge is 2.14. The first-order chi connectivity index (χ1) is 9.10. The van der Waals surface area contributed by atoms with Crippen LogP contribution in [0.25, 0.3) is 0 Å². The summed E-state index contributed by atoms with van der Waals surface area (Å²) in [6.07, 6.45) is -0.612. The van der Waals surface area contributed by atoms with Crippen LogP contribution >= 0.6 is 15.9 Å². The van der Waals surface area contributed by atoms with Gasteiger partial charge in [0.2, 0.25) is 6.29 Å². The van der Waals surface area contributed by atoms with Crippen molar-refractivity contribution in [2.75, 3.05) is 13.2 Å². The summed E-state index contributed by atoms with van der Waals surface area (Å²) >= 11 is 3.56. The van der Waals surface area contributed by atoms with Crippen LogP contribution in [0.1, 0.15) is 25.0 Å². The van der Waals surface area contributed by atoms with E-state index in [1.165, 1.54) is 5.56 Å². The zero-order valence-electron chi connectivity index (χ0n) is 11.6. The third kappa shape index (κ3) is 4.93. The van der Waals surface area contributed by atoms with Gasteiger partial charge in [-0.25, -0.2) is 0 Å². The maximum Gasteiger partial charge on any atom is 0.216 e. The summed E-state index contributed by atoms with van der Waals surface area (Å²) in [7, 11) is 0. The zero-order valence-corrected chi connectivity index (χ0v) is 13.2. The molecule has 4 nitrogen and oxygen atoms in total. The molecule has 0 fully saturated rings. The fraction of sp³-hybridized carbons (Fsp3) is 0.500. The molecule has 0 radical (unpaired) electrons. The lowest BCUT2D eigenvalue weighted by molar-refractivity contribution is -0.0923. The zero-order chi connectivity index (χ0) is 14.3. The van der Waals surface area contributed by atoms with Gasteiger partial charge in [0.15, 0.2) is 5.84 Å². The highest BCUT2D eigenvalue weighted by molar-refractivity contribution is 9.10. The molecule has 0 atom stereocenters. The van der Waals surface area contributed by atoms with Crippen molar-refractivity contribution in [3.05, 3.63) is 33.8 Å². The monoisotopic (exact) mass is 328 g/mol. The van der Waals surface area contributed by atoms with Crippen molar-refractivity contribution >= 4 is 21.8 Å². The van der Waals surface area contributed by atoms with Crippen molar-refractivity contribution in [3.63, 3.8) is 0 Å². The number of rotatable bonds is 7. The molecule has 0 amide bonds. The smallest absolute Gasteiger partial charge is 0.216 e. The highest BCUT2D eigenvalue weighted by atomic mass is 79.9. The van der Waals surface area contributed by atoms with Crippen LogP contribution in [0.3, 0.4) is 0 Å². The van der Waals surface area contributed by atoms with Crippen LogP contribution in [0.4, 0.5) is 0 Å². The first-order valence-corrected chi connectivity index (χ1v) is 7.18. The lowest BCUT2D eigenvalue weighted by atomic mass is 10.1. The molecule has 2 N–H and O–H groups in total.